The normalized spacial score (nSPS) is 18.3. The van der Waals surface area contributed by atoms with E-state index in [1.54, 1.807) is 12.1 Å². The lowest BCUT2D eigenvalue weighted by atomic mass is 10.00. The van der Waals surface area contributed by atoms with Crippen LogP contribution >= 0.6 is 0 Å². The molecule has 7 nitrogen and oxygen atoms in total. The molecule has 0 radical (unpaired) electrons. The molecular weight excluding hydrogens is 286 g/mol. The zero-order valence-corrected chi connectivity index (χ0v) is 12.2. The van der Waals surface area contributed by atoms with Crippen LogP contribution in [0, 0.1) is 15.5 Å². The van der Waals surface area contributed by atoms with Crippen LogP contribution < -0.4 is 10.6 Å². The van der Waals surface area contributed by atoms with Crippen LogP contribution in [-0.2, 0) is 11.2 Å². The summed E-state index contributed by atoms with van der Waals surface area (Å²) < 4.78 is 0. The fraction of sp³-hybridized carbons (Fsp3) is 0.533. The average molecular weight is 305 g/mol. The summed E-state index contributed by atoms with van der Waals surface area (Å²) in [5.74, 6) is -0.0637. The minimum atomic E-state index is -0.398. The monoisotopic (exact) mass is 305 g/mol. The predicted octanol–water partition coefficient (Wildman–Crippen LogP) is 2.05. The second-order valence-electron chi connectivity index (χ2n) is 6.16. The smallest absolute Gasteiger partial charge is 0.292 e. The SMILES string of the molecule is O=C1CCc2cc([N+](=O)[O-])c(NCC3(CCO)CC3)cc2N1. The number of anilines is 2. The van der Waals surface area contributed by atoms with E-state index in [1.807, 2.05) is 0 Å². The van der Waals surface area contributed by atoms with E-state index in [4.69, 9.17) is 5.11 Å². The second kappa shape index (κ2) is 5.57. The van der Waals surface area contributed by atoms with Gasteiger partial charge in [0.15, 0.2) is 0 Å². The zero-order chi connectivity index (χ0) is 15.7. The van der Waals surface area contributed by atoms with E-state index in [1.165, 1.54) is 0 Å². The van der Waals surface area contributed by atoms with Gasteiger partial charge >= 0.3 is 0 Å². The Hall–Kier alpha value is -2.15. The second-order valence-corrected chi connectivity index (χ2v) is 6.16. The number of aryl methyl sites for hydroxylation is 1. The van der Waals surface area contributed by atoms with Crippen LogP contribution in [0.2, 0.25) is 0 Å². The predicted molar refractivity (Wildman–Crippen MR) is 81.9 cm³/mol. The molecule has 7 heteroatoms. The number of nitrogens with zero attached hydrogens (tertiary/aromatic N) is 1. The van der Waals surface area contributed by atoms with Crippen LogP contribution in [-0.4, -0.2) is 29.1 Å². The van der Waals surface area contributed by atoms with Crippen molar-refractivity contribution in [3.8, 4) is 0 Å². The Morgan fingerprint density at radius 1 is 1.36 bits per heavy atom. The number of nitrogens with one attached hydrogen (secondary N) is 2. The van der Waals surface area contributed by atoms with Gasteiger partial charge in [-0.2, -0.15) is 0 Å². The highest BCUT2D eigenvalue weighted by Gasteiger charge is 2.41. The molecule has 118 valence electrons. The van der Waals surface area contributed by atoms with E-state index < -0.39 is 4.92 Å². The number of nitro benzene ring substituents is 1. The molecular formula is C15H19N3O4. The van der Waals surface area contributed by atoms with Crippen molar-refractivity contribution < 1.29 is 14.8 Å². The first-order valence-corrected chi connectivity index (χ1v) is 7.49. The van der Waals surface area contributed by atoms with Crippen molar-refractivity contribution in [1.29, 1.82) is 0 Å². The highest BCUT2D eigenvalue weighted by atomic mass is 16.6. The molecule has 1 saturated carbocycles. The maximum Gasteiger partial charge on any atom is 0.292 e. The molecule has 0 saturated heterocycles. The first-order valence-electron chi connectivity index (χ1n) is 7.49. The third-order valence-electron chi connectivity index (χ3n) is 4.57. The van der Waals surface area contributed by atoms with E-state index >= 15 is 0 Å². The number of benzene rings is 1. The Kier molecular flexibility index (Phi) is 3.74. The summed E-state index contributed by atoms with van der Waals surface area (Å²) in [6, 6.07) is 3.20. The van der Waals surface area contributed by atoms with Gasteiger partial charge in [-0.05, 0) is 42.7 Å². The van der Waals surface area contributed by atoms with Crippen LogP contribution in [0.1, 0.15) is 31.2 Å². The molecule has 1 aliphatic carbocycles. The van der Waals surface area contributed by atoms with E-state index in [0.717, 1.165) is 18.4 Å². The summed E-state index contributed by atoms with van der Waals surface area (Å²) in [6.07, 6.45) is 3.63. The summed E-state index contributed by atoms with van der Waals surface area (Å²) in [6.45, 7) is 0.727. The van der Waals surface area contributed by atoms with Crippen molar-refractivity contribution in [1.82, 2.24) is 0 Å². The first-order chi connectivity index (χ1) is 10.5. The fourth-order valence-electron chi connectivity index (χ4n) is 2.92. The zero-order valence-electron chi connectivity index (χ0n) is 12.2. The van der Waals surface area contributed by atoms with Crippen molar-refractivity contribution in [2.75, 3.05) is 23.8 Å². The molecule has 1 fully saturated rings. The third-order valence-corrected chi connectivity index (χ3v) is 4.57. The van der Waals surface area contributed by atoms with E-state index in [2.05, 4.69) is 10.6 Å². The van der Waals surface area contributed by atoms with Crippen LogP contribution in [0.3, 0.4) is 0 Å². The van der Waals surface area contributed by atoms with Crippen LogP contribution in [0.25, 0.3) is 0 Å². The number of hydrogen-bond acceptors (Lipinski definition) is 5. The lowest BCUT2D eigenvalue weighted by Gasteiger charge is -2.20. The molecule has 1 aliphatic heterocycles. The lowest BCUT2D eigenvalue weighted by Crippen LogP contribution is -2.21. The van der Waals surface area contributed by atoms with Crippen molar-refractivity contribution in [2.24, 2.45) is 5.41 Å². The Morgan fingerprint density at radius 3 is 2.77 bits per heavy atom. The van der Waals surface area contributed by atoms with Crippen molar-refractivity contribution in [3.63, 3.8) is 0 Å². The summed E-state index contributed by atoms with van der Waals surface area (Å²) in [4.78, 5) is 22.4. The fourth-order valence-corrected chi connectivity index (χ4v) is 2.92. The Balaban J connectivity index is 1.84. The molecule has 0 spiro atoms. The van der Waals surface area contributed by atoms with Gasteiger partial charge in [-0.15, -0.1) is 0 Å². The highest BCUT2D eigenvalue weighted by molar-refractivity contribution is 5.95. The van der Waals surface area contributed by atoms with Crippen LogP contribution in [0.4, 0.5) is 17.1 Å². The third kappa shape index (κ3) is 2.89. The van der Waals surface area contributed by atoms with Crippen molar-refractivity contribution in [3.05, 3.63) is 27.8 Å². The molecule has 1 aromatic rings. The standard InChI is InChI=1S/C15H19N3O4/c19-6-5-15(3-4-15)9-16-12-8-11-10(1-2-14(20)17-11)7-13(12)18(21)22/h7-8,16,19H,1-6,9H2,(H,17,20). The number of nitro groups is 1. The van der Waals surface area contributed by atoms with Crippen LogP contribution in [0.15, 0.2) is 12.1 Å². The maximum absolute atomic E-state index is 11.5. The molecule has 1 aromatic carbocycles. The molecule has 1 amide bonds. The number of carbonyl (C=O) groups excluding carboxylic acids is 1. The van der Waals surface area contributed by atoms with Gasteiger partial charge < -0.3 is 15.7 Å². The molecule has 2 aliphatic rings. The number of carbonyl (C=O) groups is 1. The molecule has 0 atom stereocenters. The van der Waals surface area contributed by atoms with E-state index in [0.29, 0.717) is 37.2 Å². The molecule has 0 bridgehead atoms. The Morgan fingerprint density at radius 2 is 2.14 bits per heavy atom. The Bertz CT molecular complexity index is 625. The minimum absolute atomic E-state index is 0.0368. The molecule has 22 heavy (non-hydrogen) atoms. The number of fused-ring (bicyclic) bond motifs is 1. The summed E-state index contributed by atoms with van der Waals surface area (Å²) >= 11 is 0. The largest absolute Gasteiger partial charge is 0.396 e. The summed E-state index contributed by atoms with van der Waals surface area (Å²) in [5.41, 5.74) is 1.97. The van der Waals surface area contributed by atoms with Crippen molar-refractivity contribution >= 4 is 23.0 Å². The topological polar surface area (TPSA) is 104 Å². The lowest BCUT2D eigenvalue weighted by molar-refractivity contribution is -0.384. The first kappa shape index (κ1) is 14.8. The van der Waals surface area contributed by atoms with E-state index in [9.17, 15) is 14.9 Å². The number of rotatable bonds is 6. The highest BCUT2D eigenvalue weighted by Crippen LogP contribution is 2.49. The summed E-state index contributed by atoms with van der Waals surface area (Å²) in [7, 11) is 0. The number of hydrogen-bond donors (Lipinski definition) is 3. The number of aliphatic hydroxyl groups excluding tert-OH is 1. The van der Waals surface area contributed by atoms with Gasteiger partial charge in [-0.1, -0.05) is 0 Å². The van der Waals surface area contributed by atoms with Gasteiger partial charge in [0.1, 0.15) is 5.69 Å². The molecule has 0 unspecified atom stereocenters. The molecule has 0 aromatic heterocycles. The van der Waals surface area contributed by atoms with Crippen LogP contribution in [0.5, 0.6) is 0 Å². The summed E-state index contributed by atoms with van der Waals surface area (Å²) in [5, 5.41) is 26.3. The quantitative estimate of drug-likeness (QED) is 0.551. The molecule has 3 rings (SSSR count). The number of amides is 1. The maximum atomic E-state index is 11.5. The van der Waals surface area contributed by atoms with Gasteiger partial charge in [0.25, 0.3) is 5.69 Å². The van der Waals surface area contributed by atoms with E-state index in [-0.39, 0.29) is 23.6 Å². The minimum Gasteiger partial charge on any atom is -0.396 e. The average Bonchev–Trinajstić information content (AvgIpc) is 3.24. The van der Waals surface area contributed by atoms with Gasteiger partial charge in [-0.25, -0.2) is 0 Å². The van der Waals surface area contributed by atoms with Gasteiger partial charge in [0.05, 0.1) is 4.92 Å². The molecule has 1 heterocycles. The van der Waals surface area contributed by atoms with Gasteiger partial charge in [-0.3, -0.25) is 14.9 Å². The number of aliphatic hydroxyl groups is 1. The van der Waals surface area contributed by atoms with Gasteiger partial charge in [0, 0.05) is 31.3 Å². The molecule has 3 N–H and O–H groups in total. The van der Waals surface area contributed by atoms with Crippen molar-refractivity contribution in [2.45, 2.75) is 32.1 Å². The Labute approximate surface area is 127 Å². The van der Waals surface area contributed by atoms with Gasteiger partial charge in [0.2, 0.25) is 5.91 Å².